The van der Waals surface area contributed by atoms with Crippen LogP contribution >= 0.6 is 0 Å². The number of rotatable bonds is 10. The number of pyridine rings is 2. The average Bonchev–Trinajstić information content (AvgIpc) is 2.76. The van der Waals surface area contributed by atoms with Gasteiger partial charge in [-0.2, -0.15) is 0 Å². The molecule has 2 unspecified atom stereocenters. The van der Waals surface area contributed by atoms with Crippen LogP contribution in [-0.4, -0.2) is 34.3 Å². The van der Waals surface area contributed by atoms with E-state index in [9.17, 15) is 18.4 Å². The van der Waals surface area contributed by atoms with E-state index < -0.39 is 17.4 Å². The number of carbonyl (C=O) groups is 2. The Morgan fingerprint density at radius 1 is 1.15 bits per heavy atom. The third kappa shape index (κ3) is 6.59. The lowest BCUT2D eigenvalue weighted by Gasteiger charge is -2.35. The zero-order chi connectivity index (χ0) is 25.7. The van der Waals surface area contributed by atoms with Gasteiger partial charge in [-0.3, -0.25) is 9.59 Å². The molecule has 0 fully saturated rings. The van der Waals surface area contributed by atoms with Crippen molar-refractivity contribution >= 4 is 17.6 Å². The number of halogens is 2. The molecule has 0 saturated carbocycles. The maximum atomic E-state index is 14.1. The fourth-order valence-corrected chi connectivity index (χ4v) is 2.85. The molecule has 2 rings (SSSR count). The number of ether oxygens (including phenoxy) is 1. The van der Waals surface area contributed by atoms with Crippen LogP contribution in [0.25, 0.3) is 0 Å². The Labute approximate surface area is 199 Å². The quantitative estimate of drug-likeness (QED) is 0.463. The molecule has 2 atom stereocenters. The van der Waals surface area contributed by atoms with Crippen molar-refractivity contribution in [2.45, 2.75) is 53.5 Å². The fraction of sp³-hybridized carbons (Fsp3) is 0.440. The molecule has 2 heterocycles. The van der Waals surface area contributed by atoms with Gasteiger partial charge in [0, 0.05) is 36.9 Å². The highest BCUT2D eigenvalue weighted by molar-refractivity contribution is 5.97. The molecule has 0 aliphatic rings. The second kappa shape index (κ2) is 10.7. The summed E-state index contributed by atoms with van der Waals surface area (Å²) in [6, 6.07) is 5.92. The lowest BCUT2D eigenvalue weighted by atomic mass is 9.79. The van der Waals surface area contributed by atoms with Crippen LogP contribution in [0.4, 0.5) is 14.6 Å². The van der Waals surface area contributed by atoms with Gasteiger partial charge in [0.05, 0.1) is 11.5 Å². The summed E-state index contributed by atoms with van der Waals surface area (Å²) in [5.74, 6) is -3.29. The Balaban J connectivity index is 2.02. The van der Waals surface area contributed by atoms with Crippen molar-refractivity contribution in [3.63, 3.8) is 0 Å². The van der Waals surface area contributed by atoms with Gasteiger partial charge in [0.2, 0.25) is 11.8 Å². The SMILES string of the molecule is C=C(C)C(C)(COc1ccc(C(C)NC(=O)c2ccnc(NC(=O)C(C)C)c2)cn1)C(C)(F)F. The predicted octanol–water partition coefficient (Wildman–Crippen LogP) is 5.18. The first-order valence-corrected chi connectivity index (χ1v) is 10.9. The summed E-state index contributed by atoms with van der Waals surface area (Å²) in [6.07, 6.45) is 2.96. The summed E-state index contributed by atoms with van der Waals surface area (Å²) in [5.41, 5.74) is -0.178. The first kappa shape index (κ1) is 26.9. The van der Waals surface area contributed by atoms with Crippen molar-refractivity contribution in [2.75, 3.05) is 11.9 Å². The van der Waals surface area contributed by atoms with Gasteiger partial charge in [-0.1, -0.05) is 32.1 Å². The molecular weight excluding hydrogens is 442 g/mol. The fourth-order valence-electron chi connectivity index (χ4n) is 2.85. The standard InChI is InChI=1S/C25H32F2N4O3/c1-15(2)22(32)31-20-12-18(10-11-28-20)23(33)30-17(5)19-8-9-21(29-13-19)34-14-24(6,16(3)4)25(7,26)27/h8-13,15,17H,3,14H2,1-2,4-7H3,(H,30,33)(H,28,31,32). The normalized spacial score (nSPS) is 14.1. The van der Waals surface area contributed by atoms with E-state index in [2.05, 4.69) is 27.2 Å². The Morgan fingerprint density at radius 2 is 1.82 bits per heavy atom. The molecule has 2 aromatic rings. The molecule has 2 amide bonds. The summed E-state index contributed by atoms with van der Waals surface area (Å²) >= 11 is 0. The van der Waals surface area contributed by atoms with Gasteiger partial charge in [-0.25, -0.2) is 18.7 Å². The summed E-state index contributed by atoms with van der Waals surface area (Å²) in [4.78, 5) is 32.8. The predicted molar refractivity (Wildman–Crippen MR) is 127 cm³/mol. The summed E-state index contributed by atoms with van der Waals surface area (Å²) in [7, 11) is 0. The van der Waals surface area contributed by atoms with E-state index in [1.54, 1.807) is 45.9 Å². The van der Waals surface area contributed by atoms with E-state index in [-0.39, 0.29) is 30.2 Å². The molecule has 2 aromatic heterocycles. The van der Waals surface area contributed by atoms with Crippen LogP contribution in [0.5, 0.6) is 5.88 Å². The van der Waals surface area contributed by atoms with Crippen LogP contribution in [0.2, 0.25) is 0 Å². The first-order chi connectivity index (χ1) is 15.7. The van der Waals surface area contributed by atoms with Crippen molar-refractivity contribution in [3.8, 4) is 5.88 Å². The molecule has 0 saturated heterocycles. The maximum Gasteiger partial charge on any atom is 0.257 e. The van der Waals surface area contributed by atoms with Gasteiger partial charge in [-0.15, -0.1) is 0 Å². The van der Waals surface area contributed by atoms with E-state index in [0.717, 1.165) is 6.92 Å². The number of amides is 2. The molecule has 0 aliphatic carbocycles. The zero-order valence-electron chi connectivity index (χ0n) is 20.4. The minimum absolute atomic E-state index is 0.193. The van der Waals surface area contributed by atoms with Crippen LogP contribution in [-0.2, 0) is 4.79 Å². The van der Waals surface area contributed by atoms with Crippen molar-refractivity contribution in [1.82, 2.24) is 15.3 Å². The van der Waals surface area contributed by atoms with Gasteiger partial charge >= 0.3 is 0 Å². The number of anilines is 1. The minimum atomic E-state index is -3.01. The van der Waals surface area contributed by atoms with Crippen LogP contribution in [0.15, 0.2) is 48.8 Å². The van der Waals surface area contributed by atoms with Gasteiger partial charge in [-0.05, 0) is 38.5 Å². The number of hydrogen-bond acceptors (Lipinski definition) is 5. The molecule has 0 bridgehead atoms. The molecule has 34 heavy (non-hydrogen) atoms. The highest BCUT2D eigenvalue weighted by atomic mass is 19.3. The van der Waals surface area contributed by atoms with Crippen LogP contribution in [0, 0.1) is 11.3 Å². The molecule has 0 aromatic carbocycles. The van der Waals surface area contributed by atoms with E-state index in [1.807, 2.05) is 0 Å². The van der Waals surface area contributed by atoms with Crippen LogP contribution < -0.4 is 15.4 Å². The second-order valence-corrected chi connectivity index (χ2v) is 8.99. The van der Waals surface area contributed by atoms with Crippen molar-refractivity contribution in [1.29, 1.82) is 0 Å². The number of hydrogen-bond donors (Lipinski definition) is 2. The monoisotopic (exact) mass is 474 g/mol. The molecule has 0 radical (unpaired) electrons. The largest absolute Gasteiger partial charge is 0.476 e. The highest BCUT2D eigenvalue weighted by Gasteiger charge is 2.47. The third-order valence-corrected chi connectivity index (χ3v) is 5.82. The Hall–Kier alpha value is -3.36. The molecule has 184 valence electrons. The summed E-state index contributed by atoms with van der Waals surface area (Å²) in [5, 5.41) is 5.52. The van der Waals surface area contributed by atoms with Crippen LogP contribution in [0.1, 0.15) is 63.5 Å². The molecule has 0 aliphatic heterocycles. The minimum Gasteiger partial charge on any atom is -0.476 e. The lowest BCUT2D eigenvalue weighted by molar-refractivity contribution is -0.118. The Kier molecular flexibility index (Phi) is 8.47. The third-order valence-electron chi connectivity index (χ3n) is 5.82. The summed E-state index contributed by atoms with van der Waals surface area (Å²) < 4.78 is 33.6. The van der Waals surface area contributed by atoms with E-state index >= 15 is 0 Å². The Bertz CT molecular complexity index is 1040. The molecule has 9 heteroatoms. The average molecular weight is 475 g/mol. The van der Waals surface area contributed by atoms with E-state index in [4.69, 9.17) is 4.74 Å². The number of nitrogens with one attached hydrogen (secondary N) is 2. The lowest BCUT2D eigenvalue weighted by Crippen LogP contribution is -2.42. The Morgan fingerprint density at radius 3 is 2.35 bits per heavy atom. The maximum absolute atomic E-state index is 14.1. The van der Waals surface area contributed by atoms with Gasteiger partial charge in [0.15, 0.2) is 0 Å². The van der Waals surface area contributed by atoms with Crippen molar-refractivity contribution in [2.24, 2.45) is 11.3 Å². The van der Waals surface area contributed by atoms with Crippen molar-refractivity contribution < 1.29 is 23.1 Å². The molecule has 2 N–H and O–H groups in total. The smallest absolute Gasteiger partial charge is 0.257 e. The number of alkyl halides is 2. The van der Waals surface area contributed by atoms with E-state index in [0.29, 0.717) is 22.5 Å². The van der Waals surface area contributed by atoms with Crippen LogP contribution in [0.3, 0.4) is 0 Å². The molecule has 7 nitrogen and oxygen atoms in total. The van der Waals surface area contributed by atoms with E-state index in [1.165, 1.54) is 25.4 Å². The first-order valence-electron chi connectivity index (χ1n) is 10.9. The molecular formula is C25H32F2N4O3. The van der Waals surface area contributed by atoms with Gasteiger partial charge in [0.25, 0.3) is 11.8 Å². The van der Waals surface area contributed by atoms with Crippen molar-refractivity contribution in [3.05, 3.63) is 59.9 Å². The zero-order valence-corrected chi connectivity index (χ0v) is 20.4. The number of carbonyl (C=O) groups excluding carboxylic acids is 2. The number of nitrogens with zero attached hydrogens (tertiary/aromatic N) is 2. The second-order valence-electron chi connectivity index (χ2n) is 8.99. The highest BCUT2D eigenvalue weighted by Crippen LogP contribution is 2.41. The number of aromatic nitrogens is 2. The van der Waals surface area contributed by atoms with Gasteiger partial charge < -0.3 is 15.4 Å². The van der Waals surface area contributed by atoms with Gasteiger partial charge in [0.1, 0.15) is 12.4 Å². The topological polar surface area (TPSA) is 93.2 Å². The summed E-state index contributed by atoms with van der Waals surface area (Å²) in [6.45, 7) is 12.5. The molecule has 0 spiro atoms.